The van der Waals surface area contributed by atoms with Crippen molar-refractivity contribution in [2.24, 2.45) is 0 Å². The molecule has 1 saturated heterocycles. The molecular weight excluding hydrogens is 168 g/mol. The van der Waals surface area contributed by atoms with Crippen LogP contribution in [0.2, 0.25) is 0 Å². The minimum absolute atomic E-state index is 0.0945. The molecule has 0 radical (unpaired) electrons. The Hall–Kier alpha value is -0.570. The van der Waals surface area contributed by atoms with Crippen LogP contribution in [0, 0.1) is 0 Å². The third-order valence-corrected chi connectivity index (χ3v) is 2.52. The number of methoxy groups -OCH3 is 1. The average Bonchev–Trinajstić information content (AvgIpc) is 2.25. The lowest BCUT2D eigenvalue weighted by Crippen LogP contribution is -2.31. The van der Waals surface area contributed by atoms with Crippen LogP contribution in [0.5, 0.6) is 0 Å². The predicted octanol–water partition coefficient (Wildman–Crippen LogP) is 1.90. The van der Waals surface area contributed by atoms with E-state index in [1.165, 1.54) is 7.11 Å². The molecule has 1 rings (SSSR count). The molecule has 0 amide bonds. The first kappa shape index (κ1) is 10.5. The summed E-state index contributed by atoms with van der Waals surface area (Å²) in [6.07, 6.45) is 2.28. The van der Waals surface area contributed by atoms with Crippen molar-refractivity contribution >= 4 is 5.97 Å². The van der Waals surface area contributed by atoms with Crippen LogP contribution in [0.15, 0.2) is 0 Å². The van der Waals surface area contributed by atoms with Crippen LogP contribution < -0.4 is 0 Å². The fraction of sp³-hybridized carbons (Fsp3) is 0.900. The summed E-state index contributed by atoms with van der Waals surface area (Å²) in [7, 11) is 1.41. The highest BCUT2D eigenvalue weighted by Gasteiger charge is 2.42. The van der Waals surface area contributed by atoms with Crippen molar-refractivity contribution in [1.29, 1.82) is 0 Å². The van der Waals surface area contributed by atoms with Crippen molar-refractivity contribution in [3.63, 3.8) is 0 Å². The lowest BCUT2D eigenvalue weighted by molar-refractivity contribution is -0.150. The van der Waals surface area contributed by atoms with E-state index >= 15 is 0 Å². The van der Waals surface area contributed by atoms with Gasteiger partial charge in [-0.1, -0.05) is 0 Å². The van der Waals surface area contributed by atoms with E-state index < -0.39 is 0 Å². The molecule has 0 aromatic rings. The third kappa shape index (κ3) is 2.69. The summed E-state index contributed by atoms with van der Waals surface area (Å²) in [5.74, 6) is -0.194. The average molecular weight is 186 g/mol. The zero-order valence-electron chi connectivity index (χ0n) is 8.85. The van der Waals surface area contributed by atoms with Gasteiger partial charge in [0.2, 0.25) is 0 Å². The van der Waals surface area contributed by atoms with Gasteiger partial charge in [0.25, 0.3) is 0 Å². The van der Waals surface area contributed by atoms with Gasteiger partial charge in [-0.05, 0) is 33.6 Å². The molecule has 1 heterocycles. The van der Waals surface area contributed by atoms with Gasteiger partial charge in [-0.15, -0.1) is 0 Å². The maximum Gasteiger partial charge on any atom is 0.308 e. The van der Waals surface area contributed by atoms with Crippen molar-refractivity contribution in [3.8, 4) is 0 Å². The Kier molecular flexibility index (Phi) is 2.66. The summed E-state index contributed by atoms with van der Waals surface area (Å²) < 4.78 is 10.4. The number of hydrogen-bond donors (Lipinski definition) is 0. The monoisotopic (exact) mass is 186 g/mol. The number of carbonyl (C=O) groups excluding carboxylic acids is 1. The van der Waals surface area contributed by atoms with E-state index in [1.54, 1.807) is 0 Å². The largest absolute Gasteiger partial charge is 0.469 e. The Balaban J connectivity index is 2.55. The summed E-state index contributed by atoms with van der Waals surface area (Å²) in [6.45, 7) is 6.07. The van der Waals surface area contributed by atoms with Gasteiger partial charge < -0.3 is 9.47 Å². The minimum atomic E-state index is -0.323. The van der Waals surface area contributed by atoms with Crippen molar-refractivity contribution in [2.45, 2.75) is 51.2 Å². The molecular formula is C10H18O3. The van der Waals surface area contributed by atoms with Crippen molar-refractivity contribution < 1.29 is 14.3 Å². The molecule has 0 aliphatic carbocycles. The van der Waals surface area contributed by atoms with Gasteiger partial charge in [-0.3, -0.25) is 4.79 Å². The Labute approximate surface area is 79.4 Å². The molecule has 0 aromatic heterocycles. The SMILES string of the molecule is COC(=O)CC1(C)CCC(C)(C)O1. The van der Waals surface area contributed by atoms with E-state index in [0.717, 1.165) is 12.8 Å². The molecule has 13 heavy (non-hydrogen) atoms. The summed E-state index contributed by atoms with van der Waals surface area (Å²) in [4.78, 5) is 11.1. The second kappa shape index (κ2) is 3.29. The smallest absolute Gasteiger partial charge is 0.308 e. The third-order valence-electron chi connectivity index (χ3n) is 2.52. The van der Waals surface area contributed by atoms with Gasteiger partial charge in [0, 0.05) is 0 Å². The van der Waals surface area contributed by atoms with Gasteiger partial charge in [0.1, 0.15) is 0 Å². The molecule has 76 valence electrons. The normalized spacial score (nSPS) is 31.7. The van der Waals surface area contributed by atoms with E-state index in [1.807, 2.05) is 6.92 Å². The lowest BCUT2D eigenvalue weighted by atomic mass is 9.96. The number of ether oxygens (including phenoxy) is 2. The van der Waals surface area contributed by atoms with Crippen LogP contribution in [-0.2, 0) is 14.3 Å². The fourth-order valence-electron chi connectivity index (χ4n) is 1.84. The zero-order chi connectivity index (χ0) is 10.1. The lowest BCUT2D eigenvalue weighted by Gasteiger charge is -2.26. The minimum Gasteiger partial charge on any atom is -0.469 e. The Morgan fingerprint density at radius 1 is 1.38 bits per heavy atom. The van der Waals surface area contributed by atoms with Gasteiger partial charge in [0.05, 0.1) is 24.7 Å². The van der Waals surface area contributed by atoms with Crippen LogP contribution in [0.3, 0.4) is 0 Å². The first-order chi connectivity index (χ1) is 5.87. The maximum atomic E-state index is 11.1. The maximum absolute atomic E-state index is 11.1. The summed E-state index contributed by atoms with van der Waals surface area (Å²) in [5.41, 5.74) is -0.417. The van der Waals surface area contributed by atoms with Crippen LogP contribution in [0.25, 0.3) is 0 Å². The van der Waals surface area contributed by atoms with Gasteiger partial charge in [-0.2, -0.15) is 0 Å². The zero-order valence-corrected chi connectivity index (χ0v) is 8.85. The van der Waals surface area contributed by atoms with Crippen molar-refractivity contribution in [3.05, 3.63) is 0 Å². The number of esters is 1. The van der Waals surface area contributed by atoms with Crippen molar-refractivity contribution in [2.75, 3.05) is 7.11 Å². The highest BCUT2D eigenvalue weighted by Crippen LogP contribution is 2.39. The second-order valence-electron chi connectivity index (χ2n) is 4.56. The molecule has 3 heteroatoms. The molecule has 3 nitrogen and oxygen atoms in total. The van der Waals surface area contributed by atoms with E-state index in [0.29, 0.717) is 6.42 Å². The number of carbonyl (C=O) groups is 1. The Bertz CT molecular complexity index is 210. The Morgan fingerprint density at radius 2 is 2.00 bits per heavy atom. The highest BCUT2D eigenvalue weighted by atomic mass is 16.5. The summed E-state index contributed by atoms with van der Waals surface area (Å²) in [6, 6.07) is 0. The standard InChI is InChI=1S/C10H18O3/c1-9(2)5-6-10(3,13-9)7-8(11)12-4/h5-7H2,1-4H3. The van der Waals surface area contributed by atoms with Gasteiger partial charge in [0.15, 0.2) is 0 Å². The molecule has 1 fully saturated rings. The molecule has 1 unspecified atom stereocenters. The molecule has 0 N–H and O–H groups in total. The molecule has 0 saturated carbocycles. The number of hydrogen-bond acceptors (Lipinski definition) is 3. The van der Waals surface area contributed by atoms with Crippen LogP contribution in [0.1, 0.15) is 40.0 Å². The van der Waals surface area contributed by atoms with E-state index in [2.05, 4.69) is 18.6 Å². The molecule has 1 atom stereocenters. The first-order valence-electron chi connectivity index (χ1n) is 4.64. The van der Waals surface area contributed by atoms with Crippen LogP contribution >= 0.6 is 0 Å². The predicted molar refractivity (Wildman–Crippen MR) is 49.4 cm³/mol. The van der Waals surface area contributed by atoms with Gasteiger partial charge in [-0.25, -0.2) is 0 Å². The molecule has 1 aliphatic rings. The van der Waals surface area contributed by atoms with Gasteiger partial charge >= 0.3 is 5.97 Å². The number of rotatable bonds is 2. The molecule has 0 spiro atoms. The quantitative estimate of drug-likeness (QED) is 0.618. The first-order valence-corrected chi connectivity index (χ1v) is 4.64. The summed E-state index contributed by atoms with van der Waals surface area (Å²) in [5, 5.41) is 0. The molecule has 1 aliphatic heterocycles. The van der Waals surface area contributed by atoms with Crippen LogP contribution in [-0.4, -0.2) is 24.3 Å². The van der Waals surface area contributed by atoms with E-state index in [9.17, 15) is 4.79 Å². The molecule has 0 bridgehead atoms. The van der Waals surface area contributed by atoms with E-state index in [4.69, 9.17) is 4.74 Å². The van der Waals surface area contributed by atoms with E-state index in [-0.39, 0.29) is 17.2 Å². The second-order valence-corrected chi connectivity index (χ2v) is 4.56. The Morgan fingerprint density at radius 3 is 2.38 bits per heavy atom. The van der Waals surface area contributed by atoms with Crippen LogP contribution in [0.4, 0.5) is 0 Å². The fourth-order valence-corrected chi connectivity index (χ4v) is 1.84. The molecule has 0 aromatic carbocycles. The van der Waals surface area contributed by atoms with Crippen molar-refractivity contribution in [1.82, 2.24) is 0 Å². The topological polar surface area (TPSA) is 35.5 Å². The highest BCUT2D eigenvalue weighted by molar-refractivity contribution is 5.70. The summed E-state index contributed by atoms with van der Waals surface area (Å²) >= 11 is 0.